The number of nitrogens with zero attached hydrogens (tertiary/aromatic N) is 2. The number of aliphatic hydroxyl groups is 1. The molecule has 0 amide bonds. The quantitative estimate of drug-likeness (QED) is 0.324. The largest absolute Gasteiger partial charge is 0.383 e. The number of guanidine groups is 1. The molecule has 0 aliphatic carbocycles. The van der Waals surface area contributed by atoms with Crippen LogP contribution in [0.25, 0.3) is 0 Å². The highest BCUT2D eigenvalue weighted by atomic mass is 127. The third-order valence-electron chi connectivity index (χ3n) is 3.88. The first-order valence-electron chi connectivity index (χ1n) is 8.13. The fraction of sp³-hybridized carbons (Fsp3) is 0.529. The van der Waals surface area contributed by atoms with Crippen molar-refractivity contribution in [2.24, 2.45) is 4.99 Å². The molecular weight excluding hydrogens is 451 g/mol. The molecule has 0 aliphatic rings. The second-order valence-corrected chi connectivity index (χ2v) is 6.74. The summed E-state index contributed by atoms with van der Waals surface area (Å²) in [7, 11) is 0. The number of nitrogens with one attached hydrogen (secondary N) is 2. The molecular formula is C17H27IN4O2S. The number of hydrogen-bond donors (Lipinski definition) is 3. The molecule has 6 nitrogen and oxygen atoms in total. The van der Waals surface area contributed by atoms with Gasteiger partial charge in [-0.15, -0.1) is 24.0 Å². The van der Waals surface area contributed by atoms with Crippen molar-refractivity contribution in [1.82, 2.24) is 15.8 Å². The molecule has 0 fully saturated rings. The molecule has 1 unspecified atom stereocenters. The Balaban J connectivity index is 0.00000312. The molecule has 140 valence electrons. The topological polar surface area (TPSA) is 82.7 Å². The maximum absolute atomic E-state index is 10.6. The lowest BCUT2D eigenvalue weighted by Crippen LogP contribution is -2.39. The summed E-state index contributed by atoms with van der Waals surface area (Å²) in [5, 5.41) is 24.9. The summed E-state index contributed by atoms with van der Waals surface area (Å²) in [4.78, 5) is 4.51. The van der Waals surface area contributed by atoms with Gasteiger partial charge in [-0.05, 0) is 56.5 Å². The maximum Gasteiger partial charge on any atom is 0.191 e. The van der Waals surface area contributed by atoms with Gasteiger partial charge in [0.05, 0.1) is 12.2 Å². The molecule has 8 heteroatoms. The zero-order chi connectivity index (χ0) is 17.6. The highest BCUT2D eigenvalue weighted by molar-refractivity contribution is 14.0. The Hall–Kier alpha value is -1.13. The van der Waals surface area contributed by atoms with E-state index in [1.807, 2.05) is 37.6 Å². The number of halogens is 1. The Bertz CT molecular complexity index is 649. The average Bonchev–Trinajstić information content (AvgIpc) is 3.18. The van der Waals surface area contributed by atoms with Crippen LogP contribution >= 0.6 is 35.3 Å². The molecule has 2 aromatic rings. The molecule has 0 aliphatic heterocycles. The molecule has 2 heterocycles. The Morgan fingerprint density at radius 2 is 2.16 bits per heavy atom. The molecule has 0 aromatic carbocycles. The number of aromatic nitrogens is 1. The van der Waals surface area contributed by atoms with Crippen LogP contribution in [-0.4, -0.2) is 35.9 Å². The predicted molar refractivity (Wildman–Crippen MR) is 113 cm³/mol. The van der Waals surface area contributed by atoms with Crippen molar-refractivity contribution in [3.8, 4) is 0 Å². The van der Waals surface area contributed by atoms with Crippen LogP contribution in [0.2, 0.25) is 0 Å². The van der Waals surface area contributed by atoms with E-state index in [0.29, 0.717) is 12.5 Å². The van der Waals surface area contributed by atoms with Crippen LogP contribution in [0.15, 0.2) is 26.3 Å². The molecule has 0 saturated heterocycles. The Morgan fingerprint density at radius 1 is 1.40 bits per heavy atom. The second kappa shape index (κ2) is 10.1. The van der Waals surface area contributed by atoms with Gasteiger partial charge in [-0.3, -0.25) is 0 Å². The summed E-state index contributed by atoms with van der Waals surface area (Å²) in [5.74, 6) is 1.55. The van der Waals surface area contributed by atoms with Gasteiger partial charge in [0.25, 0.3) is 0 Å². The van der Waals surface area contributed by atoms with Crippen LogP contribution in [-0.2, 0) is 12.0 Å². The lowest BCUT2D eigenvalue weighted by molar-refractivity contribution is 0.0677. The molecule has 0 radical (unpaired) electrons. The second-order valence-electron chi connectivity index (χ2n) is 5.96. The Kier molecular flexibility index (Phi) is 8.87. The van der Waals surface area contributed by atoms with E-state index < -0.39 is 5.60 Å². The van der Waals surface area contributed by atoms with Gasteiger partial charge in [0, 0.05) is 18.7 Å². The SMILES string of the molecule is CCNC(=NCC(C)(O)c1ccsc1)NCCc1c(C)noc1C.I. The monoisotopic (exact) mass is 478 g/mol. The van der Waals surface area contributed by atoms with E-state index in [1.54, 1.807) is 18.3 Å². The highest BCUT2D eigenvalue weighted by Crippen LogP contribution is 2.23. The van der Waals surface area contributed by atoms with Gasteiger partial charge in [-0.2, -0.15) is 11.3 Å². The van der Waals surface area contributed by atoms with Crippen LogP contribution in [0.1, 0.15) is 36.4 Å². The van der Waals surface area contributed by atoms with Crippen LogP contribution in [0, 0.1) is 13.8 Å². The van der Waals surface area contributed by atoms with Gasteiger partial charge in [-0.1, -0.05) is 5.16 Å². The van der Waals surface area contributed by atoms with Gasteiger partial charge in [0.1, 0.15) is 11.4 Å². The van der Waals surface area contributed by atoms with Gasteiger partial charge in [0.15, 0.2) is 5.96 Å². The standard InChI is InChI=1S/C17H26N4O2S.HI/c1-5-18-16(19-8-6-15-12(2)21-23-13(15)3)20-11-17(4,22)14-7-9-24-10-14;/h7,9-10,22H,5-6,8,11H2,1-4H3,(H2,18,19,20);1H. The summed E-state index contributed by atoms with van der Waals surface area (Å²) < 4.78 is 5.18. The summed E-state index contributed by atoms with van der Waals surface area (Å²) in [5.41, 5.74) is 1.98. The molecule has 1 atom stereocenters. The zero-order valence-electron chi connectivity index (χ0n) is 15.1. The fourth-order valence-corrected chi connectivity index (χ4v) is 3.18. The van der Waals surface area contributed by atoms with E-state index in [4.69, 9.17) is 4.52 Å². The molecule has 0 spiro atoms. The third kappa shape index (κ3) is 6.27. The van der Waals surface area contributed by atoms with E-state index >= 15 is 0 Å². The van der Waals surface area contributed by atoms with Crippen LogP contribution in [0.4, 0.5) is 0 Å². The minimum atomic E-state index is -0.968. The molecule has 0 saturated carbocycles. The van der Waals surface area contributed by atoms with Gasteiger partial charge in [-0.25, -0.2) is 4.99 Å². The molecule has 2 aromatic heterocycles. The summed E-state index contributed by atoms with van der Waals surface area (Å²) in [6, 6.07) is 1.93. The molecule has 0 bridgehead atoms. The van der Waals surface area contributed by atoms with E-state index in [9.17, 15) is 5.11 Å². The summed E-state index contributed by atoms with van der Waals surface area (Å²) >= 11 is 1.57. The number of thiophene rings is 1. The molecule has 3 N–H and O–H groups in total. The van der Waals surface area contributed by atoms with Crippen molar-refractivity contribution in [2.45, 2.75) is 39.7 Å². The Morgan fingerprint density at radius 3 is 2.72 bits per heavy atom. The lowest BCUT2D eigenvalue weighted by Gasteiger charge is -2.21. The van der Waals surface area contributed by atoms with E-state index in [0.717, 1.165) is 42.1 Å². The normalized spacial score (nSPS) is 13.9. The minimum Gasteiger partial charge on any atom is -0.383 e. The van der Waals surface area contributed by atoms with Crippen LogP contribution in [0.3, 0.4) is 0 Å². The van der Waals surface area contributed by atoms with E-state index in [1.165, 1.54) is 0 Å². The zero-order valence-corrected chi connectivity index (χ0v) is 18.3. The van der Waals surface area contributed by atoms with Gasteiger partial charge >= 0.3 is 0 Å². The number of hydrogen-bond acceptors (Lipinski definition) is 5. The average molecular weight is 478 g/mol. The van der Waals surface area contributed by atoms with Crippen molar-refractivity contribution in [2.75, 3.05) is 19.6 Å². The summed E-state index contributed by atoms with van der Waals surface area (Å²) in [6.45, 7) is 9.45. The van der Waals surface area contributed by atoms with Crippen LogP contribution < -0.4 is 10.6 Å². The van der Waals surface area contributed by atoms with Crippen molar-refractivity contribution >= 4 is 41.3 Å². The lowest BCUT2D eigenvalue weighted by atomic mass is 10.00. The molecule has 2 rings (SSSR count). The Labute approximate surface area is 170 Å². The van der Waals surface area contributed by atoms with Crippen molar-refractivity contribution in [1.29, 1.82) is 0 Å². The number of aryl methyl sites for hydroxylation is 2. The minimum absolute atomic E-state index is 0. The highest BCUT2D eigenvalue weighted by Gasteiger charge is 2.23. The maximum atomic E-state index is 10.6. The van der Waals surface area contributed by atoms with Crippen molar-refractivity contribution in [3.63, 3.8) is 0 Å². The third-order valence-corrected chi connectivity index (χ3v) is 4.56. The van der Waals surface area contributed by atoms with Gasteiger partial charge in [0.2, 0.25) is 0 Å². The smallest absolute Gasteiger partial charge is 0.191 e. The number of rotatable bonds is 7. The van der Waals surface area contributed by atoms with E-state index in [-0.39, 0.29) is 24.0 Å². The van der Waals surface area contributed by atoms with E-state index in [2.05, 4.69) is 20.8 Å². The van der Waals surface area contributed by atoms with Crippen LogP contribution in [0.5, 0.6) is 0 Å². The first-order valence-corrected chi connectivity index (χ1v) is 9.07. The van der Waals surface area contributed by atoms with Gasteiger partial charge < -0.3 is 20.3 Å². The fourth-order valence-electron chi connectivity index (χ4n) is 2.40. The van der Waals surface area contributed by atoms with Crippen molar-refractivity contribution < 1.29 is 9.63 Å². The summed E-state index contributed by atoms with van der Waals surface area (Å²) in [6.07, 6.45) is 0.812. The first kappa shape index (κ1) is 21.9. The predicted octanol–water partition coefficient (Wildman–Crippen LogP) is 2.98. The number of aliphatic imine (C=N–C) groups is 1. The van der Waals surface area contributed by atoms with Crippen molar-refractivity contribution in [3.05, 3.63) is 39.4 Å². The first-order chi connectivity index (χ1) is 11.4. The molecule has 25 heavy (non-hydrogen) atoms.